The van der Waals surface area contributed by atoms with Gasteiger partial charge in [0.15, 0.2) is 0 Å². The fourth-order valence-electron chi connectivity index (χ4n) is 1.47. The molecule has 0 aliphatic rings. The van der Waals surface area contributed by atoms with Crippen molar-refractivity contribution in [2.75, 3.05) is 0 Å². The lowest BCUT2D eigenvalue weighted by Gasteiger charge is -2.05. The Balaban J connectivity index is 2.06. The molecule has 15 heavy (non-hydrogen) atoms. The molecule has 0 spiro atoms. The molecule has 0 aromatic carbocycles. The van der Waals surface area contributed by atoms with Crippen molar-refractivity contribution in [3.8, 4) is 0 Å². The SMILES string of the molecule is Cc1csc(CC(C)c2csc(C)n2)n1. The fourth-order valence-corrected chi connectivity index (χ4v) is 3.11. The van der Waals surface area contributed by atoms with Gasteiger partial charge in [0.1, 0.15) is 0 Å². The summed E-state index contributed by atoms with van der Waals surface area (Å²) >= 11 is 3.46. The maximum absolute atomic E-state index is 4.51. The molecule has 0 fully saturated rings. The lowest BCUT2D eigenvalue weighted by Crippen LogP contribution is -1.98. The Morgan fingerprint density at radius 3 is 2.53 bits per heavy atom. The van der Waals surface area contributed by atoms with Crippen LogP contribution in [-0.4, -0.2) is 9.97 Å². The molecule has 0 amide bonds. The van der Waals surface area contributed by atoms with Crippen LogP contribution in [0.25, 0.3) is 0 Å². The minimum Gasteiger partial charge on any atom is -0.247 e. The average Bonchev–Trinajstić information content (AvgIpc) is 2.75. The number of nitrogens with zero attached hydrogens (tertiary/aromatic N) is 2. The highest BCUT2D eigenvalue weighted by atomic mass is 32.1. The van der Waals surface area contributed by atoms with E-state index in [9.17, 15) is 0 Å². The van der Waals surface area contributed by atoms with Crippen molar-refractivity contribution in [1.29, 1.82) is 0 Å². The molecule has 2 aromatic heterocycles. The largest absolute Gasteiger partial charge is 0.247 e. The quantitative estimate of drug-likeness (QED) is 0.817. The highest BCUT2D eigenvalue weighted by Crippen LogP contribution is 2.23. The maximum Gasteiger partial charge on any atom is 0.0934 e. The molecule has 2 rings (SSSR count). The molecule has 0 saturated heterocycles. The van der Waals surface area contributed by atoms with Crippen LogP contribution in [0.4, 0.5) is 0 Å². The van der Waals surface area contributed by atoms with E-state index in [-0.39, 0.29) is 0 Å². The van der Waals surface area contributed by atoms with E-state index in [1.54, 1.807) is 22.7 Å². The Bertz CT molecular complexity index is 445. The van der Waals surface area contributed by atoms with Gasteiger partial charge in [-0.3, -0.25) is 0 Å². The Morgan fingerprint density at radius 2 is 2.00 bits per heavy atom. The number of rotatable bonds is 3. The summed E-state index contributed by atoms with van der Waals surface area (Å²) < 4.78 is 0. The summed E-state index contributed by atoms with van der Waals surface area (Å²) in [6.45, 7) is 6.30. The van der Waals surface area contributed by atoms with Crippen molar-refractivity contribution in [1.82, 2.24) is 9.97 Å². The van der Waals surface area contributed by atoms with Gasteiger partial charge in [-0.25, -0.2) is 9.97 Å². The highest BCUT2D eigenvalue weighted by Gasteiger charge is 2.11. The van der Waals surface area contributed by atoms with Gasteiger partial charge in [0.2, 0.25) is 0 Å². The standard InChI is InChI=1S/C11H14N2S2/c1-7(10-6-14-9(3)13-10)4-11-12-8(2)5-15-11/h5-7H,4H2,1-3H3. The topological polar surface area (TPSA) is 25.8 Å². The molecule has 0 radical (unpaired) electrons. The number of hydrogen-bond acceptors (Lipinski definition) is 4. The Morgan fingerprint density at radius 1 is 1.20 bits per heavy atom. The van der Waals surface area contributed by atoms with E-state index in [0.29, 0.717) is 5.92 Å². The molecule has 2 heterocycles. The smallest absolute Gasteiger partial charge is 0.0934 e. The number of thiazole rings is 2. The Kier molecular flexibility index (Phi) is 3.17. The highest BCUT2D eigenvalue weighted by molar-refractivity contribution is 7.10. The van der Waals surface area contributed by atoms with Crippen molar-refractivity contribution in [3.05, 3.63) is 32.2 Å². The van der Waals surface area contributed by atoms with Gasteiger partial charge in [-0.05, 0) is 13.8 Å². The van der Waals surface area contributed by atoms with Crippen LogP contribution in [0.3, 0.4) is 0 Å². The molecule has 0 bridgehead atoms. The summed E-state index contributed by atoms with van der Waals surface area (Å²) in [7, 11) is 0. The molecule has 1 atom stereocenters. The summed E-state index contributed by atoms with van der Waals surface area (Å²) in [6, 6.07) is 0. The van der Waals surface area contributed by atoms with Crippen molar-refractivity contribution in [2.24, 2.45) is 0 Å². The van der Waals surface area contributed by atoms with Gasteiger partial charge in [-0.15, -0.1) is 22.7 Å². The van der Waals surface area contributed by atoms with Crippen LogP contribution in [-0.2, 0) is 6.42 Å². The van der Waals surface area contributed by atoms with Crippen molar-refractivity contribution in [2.45, 2.75) is 33.1 Å². The van der Waals surface area contributed by atoms with Gasteiger partial charge in [-0.1, -0.05) is 6.92 Å². The molecule has 2 aromatic rings. The number of aryl methyl sites for hydroxylation is 2. The van der Waals surface area contributed by atoms with Crippen LogP contribution in [0.15, 0.2) is 10.8 Å². The monoisotopic (exact) mass is 238 g/mol. The zero-order chi connectivity index (χ0) is 10.8. The lowest BCUT2D eigenvalue weighted by molar-refractivity contribution is 0.729. The van der Waals surface area contributed by atoms with Crippen LogP contribution >= 0.6 is 22.7 Å². The van der Waals surface area contributed by atoms with Crippen LogP contribution in [0.2, 0.25) is 0 Å². The van der Waals surface area contributed by atoms with Gasteiger partial charge >= 0.3 is 0 Å². The van der Waals surface area contributed by atoms with E-state index in [2.05, 4.69) is 34.6 Å². The van der Waals surface area contributed by atoms with Gasteiger partial charge in [0.05, 0.1) is 15.7 Å². The maximum atomic E-state index is 4.51. The van der Waals surface area contributed by atoms with Crippen molar-refractivity contribution >= 4 is 22.7 Å². The summed E-state index contributed by atoms with van der Waals surface area (Å²) in [5, 5.41) is 6.62. The van der Waals surface area contributed by atoms with E-state index < -0.39 is 0 Å². The van der Waals surface area contributed by atoms with Crippen molar-refractivity contribution < 1.29 is 0 Å². The molecule has 0 aliphatic heterocycles. The third-order valence-electron chi connectivity index (χ3n) is 2.29. The molecule has 2 nitrogen and oxygen atoms in total. The van der Waals surface area contributed by atoms with Gasteiger partial charge in [0, 0.05) is 28.8 Å². The minimum atomic E-state index is 0.473. The van der Waals surface area contributed by atoms with E-state index in [0.717, 1.165) is 17.1 Å². The molecular formula is C11H14N2S2. The molecule has 1 unspecified atom stereocenters. The van der Waals surface area contributed by atoms with E-state index >= 15 is 0 Å². The first kappa shape index (κ1) is 10.8. The van der Waals surface area contributed by atoms with Crippen LogP contribution in [0.5, 0.6) is 0 Å². The molecular weight excluding hydrogens is 224 g/mol. The van der Waals surface area contributed by atoms with Crippen LogP contribution in [0.1, 0.15) is 34.2 Å². The Hall–Kier alpha value is -0.740. The van der Waals surface area contributed by atoms with Gasteiger partial charge in [0.25, 0.3) is 0 Å². The zero-order valence-corrected chi connectivity index (χ0v) is 10.8. The van der Waals surface area contributed by atoms with Gasteiger partial charge in [-0.2, -0.15) is 0 Å². The normalized spacial score (nSPS) is 13.0. The lowest BCUT2D eigenvalue weighted by atomic mass is 10.1. The summed E-state index contributed by atoms with van der Waals surface area (Å²) in [5.74, 6) is 0.473. The summed E-state index contributed by atoms with van der Waals surface area (Å²) in [4.78, 5) is 8.99. The first-order valence-corrected chi connectivity index (χ1v) is 6.74. The van der Waals surface area contributed by atoms with Crippen LogP contribution < -0.4 is 0 Å². The van der Waals surface area contributed by atoms with E-state index in [4.69, 9.17) is 0 Å². The second kappa shape index (κ2) is 4.41. The first-order chi connectivity index (χ1) is 7.15. The second-order valence-corrected chi connectivity index (χ2v) is 5.78. The summed E-state index contributed by atoms with van der Waals surface area (Å²) in [5.41, 5.74) is 2.32. The van der Waals surface area contributed by atoms with E-state index in [1.165, 1.54) is 10.7 Å². The van der Waals surface area contributed by atoms with Crippen molar-refractivity contribution in [3.63, 3.8) is 0 Å². The molecule has 80 valence electrons. The fraction of sp³-hybridized carbons (Fsp3) is 0.455. The minimum absolute atomic E-state index is 0.473. The molecule has 0 aliphatic carbocycles. The number of aromatic nitrogens is 2. The summed E-state index contributed by atoms with van der Waals surface area (Å²) in [6.07, 6.45) is 1.00. The zero-order valence-electron chi connectivity index (χ0n) is 9.15. The second-order valence-electron chi connectivity index (χ2n) is 3.78. The third-order valence-corrected chi connectivity index (χ3v) is 4.07. The predicted octanol–water partition coefficient (Wildman–Crippen LogP) is 3.56. The molecule has 0 saturated carbocycles. The Labute approximate surface area is 98.0 Å². The molecule has 4 heteroatoms. The van der Waals surface area contributed by atoms with E-state index in [1.807, 2.05) is 6.92 Å². The van der Waals surface area contributed by atoms with Gasteiger partial charge < -0.3 is 0 Å². The third kappa shape index (κ3) is 2.63. The van der Waals surface area contributed by atoms with Crippen LogP contribution in [0, 0.1) is 13.8 Å². The first-order valence-electron chi connectivity index (χ1n) is 4.98. The average molecular weight is 238 g/mol. The number of hydrogen-bond donors (Lipinski definition) is 0. The molecule has 0 N–H and O–H groups in total. The predicted molar refractivity (Wildman–Crippen MR) is 65.8 cm³/mol.